The minimum Gasteiger partial charge on any atom is -0.348 e. The predicted octanol–water partition coefficient (Wildman–Crippen LogP) is 1.90. The highest BCUT2D eigenvalue weighted by Gasteiger charge is 2.34. The zero-order valence-corrected chi connectivity index (χ0v) is 10.1. The molecule has 2 N–H and O–H groups in total. The lowest BCUT2D eigenvalue weighted by molar-refractivity contribution is -0.150. The Labute approximate surface area is 102 Å². The van der Waals surface area contributed by atoms with Gasteiger partial charge < -0.3 is 14.7 Å². The molecule has 1 aliphatic rings. The molecule has 2 rings (SSSR count). The highest BCUT2D eigenvalue weighted by molar-refractivity contribution is 5.20. The van der Waals surface area contributed by atoms with E-state index in [1.165, 1.54) is 5.56 Å². The second-order valence-corrected chi connectivity index (χ2v) is 4.50. The van der Waals surface area contributed by atoms with Gasteiger partial charge in [-0.25, -0.2) is 5.48 Å². The Bertz CT molecular complexity index is 336. The van der Waals surface area contributed by atoms with Gasteiger partial charge in [-0.2, -0.15) is 0 Å². The highest BCUT2D eigenvalue weighted by Crippen LogP contribution is 2.31. The van der Waals surface area contributed by atoms with Crippen molar-refractivity contribution < 1.29 is 14.7 Å². The fourth-order valence-corrected chi connectivity index (χ4v) is 2.27. The summed E-state index contributed by atoms with van der Waals surface area (Å²) in [6.07, 6.45) is 0.727. The molecule has 1 aromatic carbocycles. The number of hydrogen-bond acceptors (Lipinski definition) is 4. The Morgan fingerprint density at radius 1 is 1.29 bits per heavy atom. The van der Waals surface area contributed by atoms with E-state index in [9.17, 15) is 0 Å². The molecule has 0 bridgehead atoms. The fraction of sp³-hybridized carbons (Fsp3) is 0.538. The SMILES string of the molecule is CC1(CC(CNO)c2ccccc2)OCCO1. The molecule has 0 radical (unpaired) electrons. The van der Waals surface area contributed by atoms with E-state index in [-0.39, 0.29) is 5.92 Å². The number of rotatable bonds is 5. The molecule has 1 aliphatic heterocycles. The number of benzene rings is 1. The molecule has 94 valence electrons. The molecular weight excluding hydrogens is 218 g/mol. The lowest BCUT2D eigenvalue weighted by Crippen LogP contribution is -2.31. The van der Waals surface area contributed by atoms with E-state index < -0.39 is 5.79 Å². The van der Waals surface area contributed by atoms with Crippen LogP contribution in [0.2, 0.25) is 0 Å². The average molecular weight is 237 g/mol. The van der Waals surface area contributed by atoms with Crippen molar-refractivity contribution in [1.82, 2.24) is 5.48 Å². The van der Waals surface area contributed by atoms with Crippen LogP contribution in [0.5, 0.6) is 0 Å². The predicted molar refractivity (Wildman–Crippen MR) is 63.9 cm³/mol. The van der Waals surface area contributed by atoms with Gasteiger partial charge in [0.1, 0.15) is 0 Å². The third-order valence-corrected chi connectivity index (χ3v) is 3.12. The van der Waals surface area contributed by atoms with E-state index >= 15 is 0 Å². The van der Waals surface area contributed by atoms with Gasteiger partial charge in [-0.1, -0.05) is 30.3 Å². The van der Waals surface area contributed by atoms with Crippen LogP contribution in [0.3, 0.4) is 0 Å². The molecule has 4 nitrogen and oxygen atoms in total. The molecule has 1 unspecified atom stereocenters. The number of ether oxygens (including phenoxy) is 2. The van der Waals surface area contributed by atoms with Crippen molar-refractivity contribution in [1.29, 1.82) is 0 Å². The first-order chi connectivity index (χ1) is 8.23. The number of nitrogens with one attached hydrogen (secondary N) is 1. The zero-order chi connectivity index (χ0) is 12.1. The summed E-state index contributed by atoms with van der Waals surface area (Å²) in [5.41, 5.74) is 3.42. The number of hydrogen-bond donors (Lipinski definition) is 2. The van der Waals surface area contributed by atoms with Crippen LogP contribution in [0.15, 0.2) is 30.3 Å². The molecule has 0 spiro atoms. The topological polar surface area (TPSA) is 50.7 Å². The largest absolute Gasteiger partial charge is 0.348 e. The molecule has 1 fully saturated rings. The van der Waals surface area contributed by atoms with E-state index in [4.69, 9.17) is 14.7 Å². The normalized spacial score (nSPS) is 20.4. The van der Waals surface area contributed by atoms with Gasteiger partial charge in [-0.3, -0.25) is 0 Å². The molecule has 1 atom stereocenters. The molecule has 0 amide bonds. The van der Waals surface area contributed by atoms with E-state index in [1.54, 1.807) is 0 Å². The number of hydroxylamine groups is 1. The Hall–Kier alpha value is -0.940. The summed E-state index contributed by atoms with van der Waals surface area (Å²) in [4.78, 5) is 0. The average Bonchev–Trinajstić information content (AvgIpc) is 2.77. The first-order valence-electron chi connectivity index (χ1n) is 5.93. The highest BCUT2D eigenvalue weighted by atomic mass is 16.7. The summed E-state index contributed by atoms with van der Waals surface area (Å²) in [6, 6.07) is 10.1. The van der Waals surface area contributed by atoms with Gasteiger partial charge in [0, 0.05) is 18.9 Å². The Balaban J connectivity index is 2.07. The van der Waals surface area contributed by atoms with Crippen molar-refractivity contribution in [2.45, 2.75) is 25.0 Å². The second-order valence-electron chi connectivity index (χ2n) is 4.50. The Kier molecular flexibility index (Phi) is 4.12. The first-order valence-corrected chi connectivity index (χ1v) is 5.93. The molecule has 0 aliphatic carbocycles. The van der Waals surface area contributed by atoms with Gasteiger partial charge in [-0.05, 0) is 12.5 Å². The van der Waals surface area contributed by atoms with Crippen molar-refractivity contribution in [2.24, 2.45) is 0 Å². The quantitative estimate of drug-likeness (QED) is 0.768. The van der Waals surface area contributed by atoms with Crippen LogP contribution in [0, 0.1) is 0 Å². The van der Waals surface area contributed by atoms with E-state index in [2.05, 4.69) is 17.6 Å². The van der Waals surface area contributed by atoms with Crippen LogP contribution in [0.4, 0.5) is 0 Å². The van der Waals surface area contributed by atoms with Gasteiger partial charge in [0.15, 0.2) is 5.79 Å². The van der Waals surface area contributed by atoms with Crippen molar-refractivity contribution in [3.8, 4) is 0 Å². The van der Waals surface area contributed by atoms with Gasteiger partial charge >= 0.3 is 0 Å². The summed E-state index contributed by atoms with van der Waals surface area (Å²) >= 11 is 0. The summed E-state index contributed by atoms with van der Waals surface area (Å²) in [6.45, 7) is 3.73. The maximum absolute atomic E-state index is 8.92. The van der Waals surface area contributed by atoms with Crippen LogP contribution in [0.25, 0.3) is 0 Å². The van der Waals surface area contributed by atoms with Crippen LogP contribution < -0.4 is 5.48 Å². The molecule has 1 heterocycles. The van der Waals surface area contributed by atoms with Crippen LogP contribution in [0.1, 0.15) is 24.8 Å². The summed E-state index contributed by atoms with van der Waals surface area (Å²) in [5.74, 6) is -0.360. The van der Waals surface area contributed by atoms with Crippen LogP contribution in [-0.2, 0) is 9.47 Å². The minimum absolute atomic E-state index is 0.171. The minimum atomic E-state index is -0.530. The smallest absolute Gasteiger partial charge is 0.166 e. The van der Waals surface area contributed by atoms with E-state index in [0.717, 1.165) is 6.42 Å². The molecule has 0 aromatic heterocycles. The second kappa shape index (κ2) is 5.60. The van der Waals surface area contributed by atoms with E-state index in [1.807, 2.05) is 25.1 Å². The van der Waals surface area contributed by atoms with Crippen molar-refractivity contribution in [3.05, 3.63) is 35.9 Å². The molecular formula is C13H19NO3. The van der Waals surface area contributed by atoms with Crippen molar-refractivity contribution in [2.75, 3.05) is 19.8 Å². The van der Waals surface area contributed by atoms with Gasteiger partial charge in [0.2, 0.25) is 0 Å². The molecule has 0 saturated carbocycles. The summed E-state index contributed by atoms with van der Waals surface area (Å²) < 4.78 is 11.2. The third-order valence-electron chi connectivity index (χ3n) is 3.12. The van der Waals surface area contributed by atoms with E-state index in [0.29, 0.717) is 19.8 Å². The zero-order valence-electron chi connectivity index (χ0n) is 10.1. The Morgan fingerprint density at radius 2 is 1.94 bits per heavy atom. The standard InChI is InChI=1S/C13H19NO3/c1-13(16-7-8-17-13)9-12(10-14-15)11-5-3-2-4-6-11/h2-6,12,14-15H,7-10H2,1H3. The van der Waals surface area contributed by atoms with Crippen LogP contribution in [-0.4, -0.2) is 30.8 Å². The van der Waals surface area contributed by atoms with Gasteiger partial charge in [-0.15, -0.1) is 0 Å². The monoisotopic (exact) mass is 237 g/mol. The van der Waals surface area contributed by atoms with Crippen molar-refractivity contribution >= 4 is 0 Å². The maximum atomic E-state index is 8.92. The summed E-state index contributed by atoms with van der Waals surface area (Å²) in [5, 5.41) is 8.92. The van der Waals surface area contributed by atoms with Gasteiger partial charge in [0.05, 0.1) is 13.2 Å². The third kappa shape index (κ3) is 3.26. The molecule has 1 aromatic rings. The molecule has 4 heteroatoms. The molecule has 17 heavy (non-hydrogen) atoms. The Morgan fingerprint density at radius 3 is 2.53 bits per heavy atom. The lowest BCUT2D eigenvalue weighted by Gasteiger charge is -2.27. The van der Waals surface area contributed by atoms with Gasteiger partial charge in [0.25, 0.3) is 0 Å². The summed E-state index contributed by atoms with van der Waals surface area (Å²) in [7, 11) is 0. The van der Waals surface area contributed by atoms with Crippen LogP contribution >= 0.6 is 0 Å². The first kappa shape index (κ1) is 12.5. The maximum Gasteiger partial charge on any atom is 0.166 e. The fourth-order valence-electron chi connectivity index (χ4n) is 2.27. The van der Waals surface area contributed by atoms with Crippen molar-refractivity contribution in [3.63, 3.8) is 0 Å². The molecule has 1 saturated heterocycles. The lowest BCUT2D eigenvalue weighted by atomic mass is 9.92.